The topological polar surface area (TPSA) is 28.2 Å². The second kappa shape index (κ2) is 4.91. The Bertz CT molecular complexity index is 415. The Balaban J connectivity index is 1.77. The van der Waals surface area contributed by atoms with Crippen molar-refractivity contribution in [3.63, 3.8) is 0 Å². The molecule has 2 aliphatic heterocycles. The molecule has 1 aromatic rings. The average Bonchev–Trinajstić information content (AvgIpc) is 2.76. The molecular formula is C14H23N3S. The van der Waals surface area contributed by atoms with Crippen LogP contribution in [0.1, 0.15) is 43.3 Å². The van der Waals surface area contributed by atoms with Gasteiger partial charge in [0.2, 0.25) is 0 Å². The first kappa shape index (κ1) is 12.6. The van der Waals surface area contributed by atoms with Crippen LogP contribution in [0.2, 0.25) is 0 Å². The molecule has 1 N–H and O–H groups in total. The minimum absolute atomic E-state index is 0.341. The maximum atomic E-state index is 4.63. The number of nitrogens with one attached hydrogen (secondary N) is 1. The Morgan fingerprint density at radius 3 is 3.22 bits per heavy atom. The van der Waals surface area contributed by atoms with Gasteiger partial charge >= 0.3 is 0 Å². The van der Waals surface area contributed by atoms with Gasteiger partial charge in [0.15, 0.2) is 0 Å². The number of aromatic nitrogens is 1. The van der Waals surface area contributed by atoms with Crippen molar-refractivity contribution in [3.8, 4) is 0 Å². The Morgan fingerprint density at radius 2 is 2.44 bits per heavy atom. The molecule has 3 rings (SSSR count). The van der Waals surface area contributed by atoms with Crippen molar-refractivity contribution in [3.05, 3.63) is 16.1 Å². The van der Waals surface area contributed by atoms with Crippen LogP contribution >= 0.6 is 11.3 Å². The van der Waals surface area contributed by atoms with Crippen LogP contribution in [0.3, 0.4) is 0 Å². The van der Waals surface area contributed by atoms with Gasteiger partial charge in [-0.15, -0.1) is 11.3 Å². The van der Waals surface area contributed by atoms with E-state index in [2.05, 4.69) is 34.4 Å². The lowest BCUT2D eigenvalue weighted by atomic mass is 9.77. The molecule has 0 radical (unpaired) electrons. The number of hydrogen-bond acceptors (Lipinski definition) is 4. The lowest BCUT2D eigenvalue weighted by molar-refractivity contribution is -0.00175. The fourth-order valence-corrected chi connectivity index (χ4v) is 4.19. The fraction of sp³-hybridized carbons (Fsp3) is 0.786. The van der Waals surface area contributed by atoms with Crippen LogP contribution in [0, 0.1) is 6.92 Å². The molecule has 0 unspecified atom stereocenters. The lowest BCUT2D eigenvalue weighted by Crippen LogP contribution is -2.64. The summed E-state index contributed by atoms with van der Waals surface area (Å²) in [5, 5.41) is 7.13. The number of nitrogens with zero attached hydrogens (tertiary/aromatic N) is 2. The molecule has 0 aromatic carbocycles. The van der Waals surface area contributed by atoms with Gasteiger partial charge in [0, 0.05) is 23.5 Å². The van der Waals surface area contributed by atoms with Crippen molar-refractivity contribution in [1.29, 1.82) is 0 Å². The van der Waals surface area contributed by atoms with Crippen molar-refractivity contribution in [1.82, 2.24) is 15.2 Å². The van der Waals surface area contributed by atoms with Crippen LogP contribution in [0.15, 0.2) is 5.38 Å². The van der Waals surface area contributed by atoms with E-state index < -0.39 is 0 Å². The van der Waals surface area contributed by atoms with Gasteiger partial charge in [0.1, 0.15) is 0 Å². The first-order valence-electron chi connectivity index (χ1n) is 7.08. The lowest BCUT2D eigenvalue weighted by Gasteiger charge is -2.53. The highest BCUT2D eigenvalue weighted by molar-refractivity contribution is 7.09. The smallest absolute Gasteiger partial charge is 0.0897 e. The average molecular weight is 265 g/mol. The van der Waals surface area contributed by atoms with Gasteiger partial charge in [0.05, 0.1) is 10.7 Å². The maximum absolute atomic E-state index is 4.63. The zero-order chi connectivity index (χ0) is 12.6. The highest BCUT2D eigenvalue weighted by atomic mass is 32.1. The number of rotatable bonds is 2. The number of aryl methyl sites for hydroxylation is 1. The van der Waals surface area contributed by atoms with Crippen molar-refractivity contribution < 1.29 is 0 Å². The van der Waals surface area contributed by atoms with Crippen molar-refractivity contribution in [2.45, 2.75) is 57.7 Å². The Morgan fingerprint density at radius 1 is 1.56 bits per heavy atom. The fourth-order valence-electron chi connectivity index (χ4n) is 3.59. The number of fused-ring (bicyclic) bond motifs is 1. The molecule has 2 fully saturated rings. The van der Waals surface area contributed by atoms with E-state index in [4.69, 9.17) is 0 Å². The molecular weight excluding hydrogens is 242 g/mol. The minimum Gasteiger partial charge on any atom is -0.312 e. The second-order valence-electron chi connectivity index (χ2n) is 5.89. The number of thiazole rings is 1. The molecule has 0 saturated carbocycles. The Labute approximate surface area is 114 Å². The molecule has 3 heterocycles. The van der Waals surface area contributed by atoms with E-state index in [9.17, 15) is 0 Å². The van der Waals surface area contributed by atoms with Crippen molar-refractivity contribution >= 4 is 11.3 Å². The third-order valence-electron chi connectivity index (χ3n) is 4.66. The van der Waals surface area contributed by atoms with Crippen LogP contribution in [0.25, 0.3) is 0 Å². The third-order valence-corrected chi connectivity index (χ3v) is 5.49. The van der Waals surface area contributed by atoms with Gasteiger partial charge in [-0.05, 0) is 52.6 Å². The molecule has 2 saturated heterocycles. The second-order valence-corrected chi connectivity index (χ2v) is 6.95. The zero-order valence-electron chi connectivity index (χ0n) is 11.4. The Kier molecular flexibility index (Phi) is 3.43. The summed E-state index contributed by atoms with van der Waals surface area (Å²) in [6.45, 7) is 7.99. The summed E-state index contributed by atoms with van der Waals surface area (Å²) in [6, 6.07) is 0.680. The van der Waals surface area contributed by atoms with E-state index in [0.717, 1.165) is 6.54 Å². The molecule has 0 spiro atoms. The molecule has 18 heavy (non-hydrogen) atoms. The highest BCUT2D eigenvalue weighted by Gasteiger charge is 2.43. The van der Waals surface area contributed by atoms with Gasteiger partial charge in [0.25, 0.3) is 0 Å². The molecule has 3 nitrogen and oxygen atoms in total. The van der Waals surface area contributed by atoms with Gasteiger partial charge < -0.3 is 5.32 Å². The van der Waals surface area contributed by atoms with Crippen LogP contribution in [-0.2, 0) is 6.54 Å². The first-order valence-corrected chi connectivity index (χ1v) is 7.96. The number of piperidine rings is 2. The third kappa shape index (κ3) is 2.22. The summed E-state index contributed by atoms with van der Waals surface area (Å²) in [7, 11) is 0. The van der Waals surface area contributed by atoms with Crippen LogP contribution in [-0.4, -0.2) is 34.6 Å². The standard InChI is InChI=1S/C14H23N3S/c1-11-16-12(10-18-11)9-17-8-3-5-13-14(17,2)6-4-7-15-13/h10,13,15H,3-9H2,1-2H3/t13-,14+/m1/s1. The highest BCUT2D eigenvalue weighted by Crippen LogP contribution is 2.35. The molecule has 0 amide bonds. The van der Waals surface area contributed by atoms with Gasteiger partial charge in [-0.1, -0.05) is 0 Å². The summed E-state index contributed by atoms with van der Waals surface area (Å²) in [6.07, 6.45) is 5.28. The van der Waals surface area contributed by atoms with Gasteiger partial charge in [-0.25, -0.2) is 4.98 Å². The van der Waals surface area contributed by atoms with Crippen LogP contribution in [0.4, 0.5) is 0 Å². The van der Waals surface area contributed by atoms with E-state index in [1.54, 1.807) is 11.3 Å². The summed E-state index contributed by atoms with van der Waals surface area (Å²) in [4.78, 5) is 7.30. The van der Waals surface area contributed by atoms with E-state index in [1.165, 1.54) is 49.5 Å². The molecule has 0 aliphatic carbocycles. The molecule has 2 aliphatic rings. The van der Waals surface area contributed by atoms with E-state index in [1.807, 2.05) is 0 Å². The quantitative estimate of drug-likeness (QED) is 0.891. The molecule has 4 heteroatoms. The van der Waals surface area contributed by atoms with Gasteiger partial charge in [-0.3, -0.25) is 4.90 Å². The summed E-state index contributed by atoms with van der Waals surface area (Å²) in [5.74, 6) is 0. The van der Waals surface area contributed by atoms with E-state index in [-0.39, 0.29) is 0 Å². The normalized spacial score (nSPS) is 33.3. The predicted molar refractivity (Wildman–Crippen MR) is 75.9 cm³/mol. The number of hydrogen-bond donors (Lipinski definition) is 1. The van der Waals surface area contributed by atoms with E-state index in [0.29, 0.717) is 11.6 Å². The van der Waals surface area contributed by atoms with Crippen LogP contribution < -0.4 is 5.32 Å². The van der Waals surface area contributed by atoms with Crippen molar-refractivity contribution in [2.24, 2.45) is 0 Å². The largest absolute Gasteiger partial charge is 0.312 e. The molecule has 2 atom stereocenters. The minimum atomic E-state index is 0.341. The zero-order valence-corrected chi connectivity index (χ0v) is 12.2. The summed E-state index contributed by atoms with van der Waals surface area (Å²) >= 11 is 1.77. The SMILES string of the molecule is Cc1nc(CN2CCC[C@H]3NCCC[C@@]32C)cs1. The molecule has 100 valence electrons. The summed E-state index contributed by atoms with van der Waals surface area (Å²) < 4.78 is 0. The van der Waals surface area contributed by atoms with E-state index >= 15 is 0 Å². The predicted octanol–water partition coefficient (Wildman–Crippen LogP) is 2.56. The first-order chi connectivity index (χ1) is 8.68. The van der Waals surface area contributed by atoms with Gasteiger partial charge in [-0.2, -0.15) is 0 Å². The van der Waals surface area contributed by atoms with Crippen molar-refractivity contribution in [2.75, 3.05) is 13.1 Å². The molecule has 1 aromatic heterocycles. The molecule has 0 bridgehead atoms. The Hall–Kier alpha value is -0.450. The summed E-state index contributed by atoms with van der Waals surface area (Å²) in [5.41, 5.74) is 1.60. The number of likely N-dealkylation sites (tertiary alicyclic amines) is 1. The maximum Gasteiger partial charge on any atom is 0.0897 e. The monoisotopic (exact) mass is 265 g/mol. The van der Waals surface area contributed by atoms with Crippen LogP contribution in [0.5, 0.6) is 0 Å².